The van der Waals surface area contributed by atoms with Gasteiger partial charge in [-0.2, -0.15) is 0 Å². The van der Waals surface area contributed by atoms with E-state index in [4.69, 9.17) is 4.99 Å². The van der Waals surface area contributed by atoms with Gasteiger partial charge in [0.1, 0.15) is 0 Å². The lowest BCUT2D eigenvalue weighted by molar-refractivity contribution is 0.496. The van der Waals surface area contributed by atoms with Crippen molar-refractivity contribution < 1.29 is 0 Å². The highest BCUT2D eigenvalue weighted by atomic mass is 15.2. The molecule has 3 rings (SSSR count). The summed E-state index contributed by atoms with van der Waals surface area (Å²) in [6, 6.07) is 1.23. The molecule has 76 valence electrons. The quantitative estimate of drug-likeness (QED) is 0.677. The minimum absolute atomic E-state index is 0.580. The molecule has 14 heavy (non-hydrogen) atoms. The van der Waals surface area contributed by atoms with Crippen LogP contribution in [0.3, 0.4) is 0 Å². The molecule has 1 N–H and O–H groups in total. The van der Waals surface area contributed by atoms with Gasteiger partial charge in [0.2, 0.25) is 0 Å². The normalized spacial score (nSPS) is 42.5. The molecule has 2 heteroatoms. The Labute approximate surface area is 85.5 Å². The summed E-state index contributed by atoms with van der Waals surface area (Å²) in [4.78, 5) is 4.82. The molecule has 1 saturated carbocycles. The largest absolute Gasteiger partial charge is 0.368 e. The molecule has 0 aromatic heterocycles. The van der Waals surface area contributed by atoms with Crippen LogP contribution in [0.2, 0.25) is 0 Å². The summed E-state index contributed by atoms with van der Waals surface area (Å²) in [6.07, 6.45) is 9.79. The Morgan fingerprint density at radius 1 is 1.43 bits per heavy atom. The Balaban J connectivity index is 1.69. The highest BCUT2D eigenvalue weighted by molar-refractivity contribution is 5.85. The van der Waals surface area contributed by atoms with Crippen molar-refractivity contribution in [1.29, 1.82) is 0 Å². The lowest BCUT2D eigenvalue weighted by Crippen LogP contribution is -2.37. The molecule has 2 aliphatic carbocycles. The summed E-state index contributed by atoms with van der Waals surface area (Å²) >= 11 is 0. The Bertz CT molecular complexity index is 293. The van der Waals surface area contributed by atoms with Gasteiger partial charge in [0, 0.05) is 12.3 Å². The zero-order valence-electron chi connectivity index (χ0n) is 8.74. The van der Waals surface area contributed by atoms with Gasteiger partial charge >= 0.3 is 0 Å². The topological polar surface area (TPSA) is 24.4 Å². The second-order valence-electron chi connectivity index (χ2n) is 4.79. The first kappa shape index (κ1) is 8.51. The van der Waals surface area contributed by atoms with Gasteiger partial charge in [0.05, 0.1) is 17.9 Å². The van der Waals surface area contributed by atoms with Crippen molar-refractivity contribution in [2.45, 2.75) is 44.7 Å². The monoisotopic (exact) mass is 190 g/mol. The van der Waals surface area contributed by atoms with Crippen LogP contribution < -0.4 is 5.32 Å². The highest BCUT2D eigenvalue weighted by Crippen LogP contribution is 2.43. The fraction of sp³-hybridized carbons (Fsp3) is 0.750. The number of hydrogen-bond acceptors (Lipinski definition) is 2. The van der Waals surface area contributed by atoms with E-state index in [1.807, 2.05) is 0 Å². The van der Waals surface area contributed by atoms with E-state index >= 15 is 0 Å². The third-order valence-electron chi connectivity index (χ3n) is 3.82. The standard InChI is InChI=1S/C12H18N2/c1-2-3-4-10-13-11-8-5-6-9(7-8)12(11)14-10/h5-6,8-9,11-12H,2-4,7H2,1H3,(H,13,14)/t8-,9+,11-,12+. The second kappa shape index (κ2) is 3.11. The molecule has 0 aromatic rings. The van der Waals surface area contributed by atoms with Crippen molar-refractivity contribution >= 4 is 5.84 Å². The number of rotatable bonds is 3. The van der Waals surface area contributed by atoms with Crippen molar-refractivity contribution in [3.8, 4) is 0 Å². The number of fused-ring (bicyclic) bond motifs is 5. The van der Waals surface area contributed by atoms with Crippen molar-refractivity contribution in [3.63, 3.8) is 0 Å². The van der Waals surface area contributed by atoms with Crippen LogP contribution in [0.1, 0.15) is 32.6 Å². The van der Waals surface area contributed by atoms with Gasteiger partial charge in [0.15, 0.2) is 0 Å². The summed E-state index contributed by atoms with van der Waals surface area (Å²) in [6.45, 7) is 2.24. The van der Waals surface area contributed by atoms with Crippen LogP contribution in [0.15, 0.2) is 17.1 Å². The summed E-state index contributed by atoms with van der Waals surface area (Å²) < 4.78 is 0. The maximum atomic E-state index is 4.82. The summed E-state index contributed by atoms with van der Waals surface area (Å²) in [5, 5.41) is 3.62. The Kier molecular flexibility index (Phi) is 1.89. The molecular weight excluding hydrogens is 172 g/mol. The van der Waals surface area contributed by atoms with Gasteiger partial charge in [-0.25, -0.2) is 0 Å². The van der Waals surface area contributed by atoms with E-state index in [-0.39, 0.29) is 0 Å². The number of amidine groups is 1. The van der Waals surface area contributed by atoms with Crippen LogP contribution >= 0.6 is 0 Å². The fourth-order valence-corrected chi connectivity index (χ4v) is 3.05. The van der Waals surface area contributed by atoms with Gasteiger partial charge in [-0.15, -0.1) is 0 Å². The van der Waals surface area contributed by atoms with Crippen molar-refractivity contribution in [1.82, 2.24) is 5.32 Å². The maximum absolute atomic E-state index is 4.82. The molecule has 2 nitrogen and oxygen atoms in total. The van der Waals surface area contributed by atoms with E-state index in [1.165, 1.54) is 25.1 Å². The molecule has 0 saturated heterocycles. The number of unbranched alkanes of at least 4 members (excludes halogenated alkanes) is 1. The van der Waals surface area contributed by atoms with E-state index in [0.29, 0.717) is 12.1 Å². The molecule has 0 aromatic carbocycles. The van der Waals surface area contributed by atoms with Crippen LogP contribution in [0.4, 0.5) is 0 Å². The molecule has 2 bridgehead atoms. The first-order valence-electron chi connectivity index (χ1n) is 5.90. The Hall–Kier alpha value is -0.790. The smallest absolute Gasteiger partial charge is 0.0970 e. The fourth-order valence-electron chi connectivity index (χ4n) is 3.05. The van der Waals surface area contributed by atoms with Crippen molar-refractivity contribution in [3.05, 3.63) is 12.2 Å². The van der Waals surface area contributed by atoms with E-state index in [2.05, 4.69) is 24.4 Å². The minimum Gasteiger partial charge on any atom is -0.368 e. The zero-order valence-corrected chi connectivity index (χ0v) is 8.74. The predicted molar refractivity (Wildman–Crippen MR) is 58.4 cm³/mol. The van der Waals surface area contributed by atoms with E-state index in [0.717, 1.165) is 18.3 Å². The SMILES string of the molecule is CCCCC1=N[C@@H]2[C@H](N1)[C@@H]1C=C[C@H]2C1. The second-order valence-corrected chi connectivity index (χ2v) is 4.79. The average molecular weight is 190 g/mol. The summed E-state index contributed by atoms with van der Waals surface area (Å²) in [7, 11) is 0. The molecular formula is C12H18N2. The lowest BCUT2D eigenvalue weighted by Gasteiger charge is -2.18. The van der Waals surface area contributed by atoms with Crippen molar-refractivity contribution in [2.75, 3.05) is 0 Å². The molecule has 3 aliphatic rings. The van der Waals surface area contributed by atoms with Gasteiger partial charge < -0.3 is 5.32 Å². The number of hydrogen-bond donors (Lipinski definition) is 1. The first-order chi connectivity index (χ1) is 6.88. The van der Waals surface area contributed by atoms with Gasteiger partial charge in [-0.1, -0.05) is 25.5 Å². The molecule has 1 heterocycles. The first-order valence-corrected chi connectivity index (χ1v) is 5.90. The maximum Gasteiger partial charge on any atom is 0.0970 e. The average Bonchev–Trinajstić information content (AvgIpc) is 2.85. The molecule has 0 unspecified atom stereocenters. The lowest BCUT2D eigenvalue weighted by atomic mass is 9.98. The predicted octanol–water partition coefficient (Wildman–Crippen LogP) is 2.12. The third kappa shape index (κ3) is 1.13. The van der Waals surface area contributed by atoms with Crippen LogP contribution in [0.25, 0.3) is 0 Å². The van der Waals surface area contributed by atoms with Crippen LogP contribution in [0, 0.1) is 11.8 Å². The molecule has 1 fully saturated rings. The zero-order chi connectivity index (χ0) is 9.54. The summed E-state index contributed by atoms with van der Waals surface area (Å²) in [5.74, 6) is 2.80. The van der Waals surface area contributed by atoms with Crippen LogP contribution in [-0.2, 0) is 0 Å². The molecule has 0 radical (unpaired) electrons. The number of nitrogens with zero attached hydrogens (tertiary/aromatic N) is 1. The van der Waals surface area contributed by atoms with E-state index in [1.54, 1.807) is 0 Å². The minimum atomic E-state index is 0.580. The summed E-state index contributed by atoms with van der Waals surface area (Å²) in [5.41, 5.74) is 0. The van der Waals surface area contributed by atoms with Gasteiger partial charge in [-0.3, -0.25) is 4.99 Å². The third-order valence-corrected chi connectivity index (χ3v) is 3.82. The number of nitrogens with one attached hydrogen (secondary N) is 1. The van der Waals surface area contributed by atoms with Crippen LogP contribution in [0.5, 0.6) is 0 Å². The van der Waals surface area contributed by atoms with Crippen LogP contribution in [-0.4, -0.2) is 17.9 Å². The number of aliphatic imine (C=N–C) groups is 1. The van der Waals surface area contributed by atoms with Gasteiger partial charge in [0.25, 0.3) is 0 Å². The molecule has 0 spiro atoms. The van der Waals surface area contributed by atoms with Gasteiger partial charge in [-0.05, 0) is 18.8 Å². The van der Waals surface area contributed by atoms with E-state index < -0.39 is 0 Å². The van der Waals surface area contributed by atoms with Crippen molar-refractivity contribution in [2.24, 2.45) is 16.8 Å². The highest BCUT2D eigenvalue weighted by Gasteiger charge is 2.47. The molecule has 0 amide bonds. The molecule has 4 atom stereocenters. The Morgan fingerprint density at radius 3 is 3.07 bits per heavy atom. The van der Waals surface area contributed by atoms with E-state index in [9.17, 15) is 0 Å². The molecule has 1 aliphatic heterocycles. The Morgan fingerprint density at radius 2 is 2.29 bits per heavy atom.